The van der Waals surface area contributed by atoms with E-state index < -0.39 is 5.91 Å². The standard InChI is InChI=1S/C16H21N3O4/c20-15(18-22)12-8-14-13(17-9-12)10-19(6-7-23-14)16(21)11-4-2-1-3-5-11/h8-9,11,22H,1-7,10H2,(H,18,20). The molecule has 1 aliphatic heterocycles. The number of hydrogen-bond acceptors (Lipinski definition) is 5. The van der Waals surface area contributed by atoms with Crippen LogP contribution in [0.2, 0.25) is 0 Å². The van der Waals surface area contributed by atoms with Crippen LogP contribution in [0.5, 0.6) is 5.75 Å². The Labute approximate surface area is 134 Å². The van der Waals surface area contributed by atoms with E-state index in [1.165, 1.54) is 12.6 Å². The van der Waals surface area contributed by atoms with Crippen LogP contribution in [0.3, 0.4) is 0 Å². The Kier molecular flexibility index (Phi) is 4.76. The topological polar surface area (TPSA) is 91.8 Å². The van der Waals surface area contributed by atoms with Gasteiger partial charge in [0.2, 0.25) is 5.91 Å². The van der Waals surface area contributed by atoms with Crippen molar-refractivity contribution in [3.05, 3.63) is 23.5 Å². The van der Waals surface area contributed by atoms with Gasteiger partial charge in [-0.3, -0.25) is 19.8 Å². The van der Waals surface area contributed by atoms with Crippen LogP contribution in [-0.4, -0.2) is 40.1 Å². The second-order valence-corrected chi connectivity index (χ2v) is 6.05. The van der Waals surface area contributed by atoms with E-state index in [2.05, 4.69) is 4.98 Å². The van der Waals surface area contributed by atoms with Gasteiger partial charge in [-0.1, -0.05) is 19.3 Å². The number of rotatable bonds is 2. The Hall–Kier alpha value is -2.15. The van der Waals surface area contributed by atoms with Gasteiger partial charge in [0.25, 0.3) is 5.91 Å². The lowest BCUT2D eigenvalue weighted by molar-refractivity contribution is -0.137. The maximum absolute atomic E-state index is 12.7. The first-order chi connectivity index (χ1) is 11.2. The average molecular weight is 319 g/mol. The highest BCUT2D eigenvalue weighted by Gasteiger charge is 2.28. The summed E-state index contributed by atoms with van der Waals surface area (Å²) in [4.78, 5) is 30.2. The smallest absolute Gasteiger partial charge is 0.276 e. The van der Waals surface area contributed by atoms with Gasteiger partial charge in [-0.15, -0.1) is 0 Å². The molecule has 3 rings (SSSR count). The average Bonchev–Trinajstić information content (AvgIpc) is 2.82. The van der Waals surface area contributed by atoms with E-state index in [9.17, 15) is 9.59 Å². The van der Waals surface area contributed by atoms with E-state index in [1.54, 1.807) is 16.4 Å². The molecular weight excluding hydrogens is 298 g/mol. The Bertz CT molecular complexity index is 599. The predicted octanol–water partition coefficient (Wildman–Crippen LogP) is 1.50. The van der Waals surface area contributed by atoms with E-state index in [4.69, 9.17) is 9.94 Å². The zero-order valence-electron chi connectivity index (χ0n) is 13.0. The van der Waals surface area contributed by atoms with Crippen molar-refractivity contribution in [1.82, 2.24) is 15.4 Å². The van der Waals surface area contributed by atoms with Crippen molar-refractivity contribution in [2.45, 2.75) is 38.6 Å². The normalized spacial score (nSPS) is 18.6. The molecule has 0 spiro atoms. The third-order valence-electron chi connectivity index (χ3n) is 4.52. The molecule has 7 nitrogen and oxygen atoms in total. The van der Waals surface area contributed by atoms with Crippen LogP contribution in [0.15, 0.2) is 12.3 Å². The molecule has 23 heavy (non-hydrogen) atoms. The molecule has 0 unspecified atom stereocenters. The third kappa shape index (κ3) is 3.44. The number of fused-ring (bicyclic) bond motifs is 1. The second kappa shape index (κ2) is 6.95. The van der Waals surface area contributed by atoms with Crippen LogP contribution in [0.4, 0.5) is 0 Å². The number of nitrogens with one attached hydrogen (secondary N) is 1. The van der Waals surface area contributed by atoms with E-state index >= 15 is 0 Å². The molecule has 1 fully saturated rings. The number of carbonyl (C=O) groups excluding carboxylic acids is 2. The summed E-state index contributed by atoms with van der Waals surface area (Å²) in [5.74, 6) is 0.151. The van der Waals surface area contributed by atoms with Gasteiger partial charge in [0, 0.05) is 12.1 Å². The van der Waals surface area contributed by atoms with Crippen molar-refractivity contribution in [2.24, 2.45) is 5.92 Å². The first kappa shape index (κ1) is 15.7. The lowest BCUT2D eigenvalue weighted by atomic mass is 9.88. The summed E-state index contributed by atoms with van der Waals surface area (Å²) in [5.41, 5.74) is 2.44. The van der Waals surface area contributed by atoms with E-state index in [-0.39, 0.29) is 17.4 Å². The molecular formula is C16H21N3O4. The van der Waals surface area contributed by atoms with Gasteiger partial charge in [-0.25, -0.2) is 5.48 Å². The molecule has 2 heterocycles. The zero-order valence-corrected chi connectivity index (χ0v) is 13.0. The summed E-state index contributed by atoms with van der Waals surface area (Å²) in [6.07, 6.45) is 6.76. The van der Waals surface area contributed by atoms with Crippen molar-refractivity contribution < 1.29 is 19.5 Å². The second-order valence-electron chi connectivity index (χ2n) is 6.05. The molecule has 2 N–H and O–H groups in total. The molecule has 0 saturated heterocycles. The lowest BCUT2D eigenvalue weighted by Gasteiger charge is -2.27. The molecule has 7 heteroatoms. The summed E-state index contributed by atoms with van der Waals surface area (Å²) >= 11 is 0. The molecule has 1 aromatic rings. The minimum absolute atomic E-state index is 0.115. The number of hydroxylamine groups is 1. The number of amides is 2. The summed E-state index contributed by atoms with van der Waals surface area (Å²) in [5, 5.41) is 8.69. The molecule has 0 bridgehead atoms. The maximum atomic E-state index is 12.7. The maximum Gasteiger partial charge on any atom is 0.276 e. The van der Waals surface area contributed by atoms with Crippen LogP contribution in [0, 0.1) is 5.92 Å². The minimum Gasteiger partial charge on any atom is -0.490 e. The number of nitrogens with zero attached hydrogens (tertiary/aromatic N) is 2. The Balaban J connectivity index is 1.75. The van der Waals surface area contributed by atoms with Gasteiger partial charge < -0.3 is 9.64 Å². The number of carbonyl (C=O) groups is 2. The third-order valence-corrected chi connectivity index (χ3v) is 4.52. The summed E-state index contributed by atoms with van der Waals surface area (Å²) in [6.45, 7) is 1.29. The molecule has 1 aromatic heterocycles. The summed E-state index contributed by atoms with van der Waals surface area (Å²) < 4.78 is 5.63. The van der Waals surface area contributed by atoms with Crippen molar-refractivity contribution >= 4 is 11.8 Å². The Morgan fingerprint density at radius 2 is 2.09 bits per heavy atom. The van der Waals surface area contributed by atoms with Crippen molar-refractivity contribution in [3.8, 4) is 5.75 Å². The molecule has 124 valence electrons. The number of hydrogen-bond donors (Lipinski definition) is 2. The predicted molar refractivity (Wildman–Crippen MR) is 81.0 cm³/mol. The van der Waals surface area contributed by atoms with Gasteiger partial charge in [-0.2, -0.15) is 0 Å². The molecule has 2 amide bonds. The van der Waals surface area contributed by atoms with Crippen molar-refractivity contribution in [2.75, 3.05) is 13.2 Å². The molecule has 2 aliphatic rings. The van der Waals surface area contributed by atoms with Crippen LogP contribution >= 0.6 is 0 Å². The first-order valence-electron chi connectivity index (χ1n) is 8.04. The van der Waals surface area contributed by atoms with Gasteiger partial charge in [0.15, 0.2) is 0 Å². The van der Waals surface area contributed by atoms with Crippen molar-refractivity contribution in [1.29, 1.82) is 0 Å². The molecule has 1 saturated carbocycles. The SMILES string of the molecule is O=C(NO)c1cnc2c(c1)OCCN(C(=O)C1CCCCC1)C2. The lowest BCUT2D eigenvalue weighted by Crippen LogP contribution is -2.38. The fourth-order valence-electron chi connectivity index (χ4n) is 3.23. The van der Waals surface area contributed by atoms with E-state index in [0.29, 0.717) is 31.1 Å². The number of pyridine rings is 1. The van der Waals surface area contributed by atoms with Gasteiger partial charge >= 0.3 is 0 Å². The quantitative estimate of drug-likeness (QED) is 0.637. The number of aromatic nitrogens is 1. The van der Waals surface area contributed by atoms with Crippen molar-refractivity contribution in [3.63, 3.8) is 0 Å². The van der Waals surface area contributed by atoms with Crippen LogP contribution < -0.4 is 10.2 Å². The largest absolute Gasteiger partial charge is 0.490 e. The van der Waals surface area contributed by atoms with Gasteiger partial charge in [0.1, 0.15) is 18.1 Å². The van der Waals surface area contributed by atoms with Crippen LogP contribution in [0.25, 0.3) is 0 Å². The molecule has 0 radical (unpaired) electrons. The highest BCUT2D eigenvalue weighted by atomic mass is 16.5. The summed E-state index contributed by atoms with van der Waals surface area (Å²) in [6, 6.07) is 1.54. The minimum atomic E-state index is -0.636. The van der Waals surface area contributed by atoms with E-state index in [0.717, 1.165) is 25.7 Å². The Morgan fingerprint density at radius 1 is 1.30 bits per heavy atom. The molecule has 1 aliphatic carbocycles. The molecule has 0 aromatic carbocycles. The summed E-state index contributed by atoms with van der Waals surface area (Å²) in [7, 11) is 0. The monoisotopic (exact) mass is 319 g/mol. The van der Waals surface area contributed by atoms with Crippen LogP contribution in [0.1, 0.15) is 48.2 Å². The van der Waals surface area contributed by atoms with E-state index in [1.807, 2.05) is 0 Å². The van der Waals surface area contributed by atoms with Gasteiger partial charge in [-0.05, 0) is 18.9 Å². The highest BCUT2D eigenvalue weighted by molar-refractivity contribution is 5.93. The fraction of sp³-hybridized carbons (Fsp3) is 0.562. The fourth-order valence-corrected chi connectivity index (χ4v) is 3.23. The van der Waals surface area contributed by atoms with Gasteiger partial charge in [0.05, 0.1) is 18.7 Å². The molecule has 0 atom stereocenters. The van der Waals surface area contributed by atoms with Crippen LogP contribution in [-0.2, 0) is 11.3 Å². The first-order valence-corrected chi connectivity index (χ1v) is 8.04. The number of ether oxygens (including phenoxy) is 1. The zero-order chi connectivity index (χ0) is 16.2. The Morgan fingerprint density at radius 3 is 2.83 bits per heavy atom. The highest BCUT2D eigenvalue weighted by Crippen LogP contribution is 2.28.